The molecule has 1 unspecified atom stereocenters. The van der Waals surface area contributed by atoms with Crippen molar-refractivity contribution < 1.29 is 9.53 Å². The van der Waals surface area contributed by atoms with Gasteiger partial charge in [-0.15, -0.1) is 0 Å². The zero-order valence-electron chi connectivity index (χ0n) is 6.75. The van der Waals surface area contributed by atoms with E-state index in [9.17, 15) is 4.79 Å². The molecule has 2 aliphatic rings. The number of fused-ring (bicyclic) bond motifs is 2. The number of methoxy groups -OCH3 is 1. The number of esters is 1. The predicted octanol–water partition coefficient (Wildman–Crippen LogP) is 0.111. The van der Waals surface area contributed by atoms with Crippen LogP contribution in [0.15, 0.2) is 0 Å². The summed E-state index contributed by atoms with van der Waals surface area (Å²) in [6, 6.07) is 0. The summed E-state index contributed by atoms with van der Waals surface area (Å²) >= 11 is 0. The molecule has 2 bridgehead atoms. The second-order valence-electron chi connectivity index (χ2n) is 3.44. The Morgan fingerprint density at radius 1 is 1.55 bits per heavy atom. The summed E-state index contributed by atoms with van der Waals surface area (Å²) in [5, 5.41) is 0. The van der Waals surface area contributed by atoms with Gasteiger partial charge in [0.2, 0.25) is 0 Å². The fraction of sp³-hybridized carbons (Fsp3) is 0.875. The Morgan fingerprint density at radius 2 is 2.36 bits per heavy atom. The highest BCUT2D eigenvalue weighted by Crippen LogP contribution is 2.33. The maximum absolute atomic E-state index is 11.2. The Morgan fingerprint density at radius 3 is 2.82 bits per heavy atom. The maximum atomic E-state index is 11.2. The molecule has 2 heterocycles. The van der Waals surface area contributed by atoms with Gasteiger partial charge in [-0.1, -0.05) is 0 Å². The van der Waals surface area contributed by atoms with Crippen LogP contribution in [-0.2, 0) is 9.53 Å². The molecule has 0 saturated carbocycles. The van der Waals surface area contributed by atoms with Crippen LogP contribution in [0.2, 0.25) is 0 Å². The average molecular weight is 155 g/mol. The van der Waals surface area contributed by atoms with Crippen LogP contribution < -0.4 is 0 Å². The molecule has 0 amide bonds. The van der Waals surface area contributed by atoms with Crippen molar-refractivity contribution in [3.8, 4) is 0 Å². The smallest absolute Gasteiger partial charge is 0.310 e. The van der Waals surface area contributed by atoms with Gasteiger partial charge in [0.1, 0.15) is 0 Å². The summed E-state index contributed by atoms with van der Waals surface area (Å²) in [6.45, 7) is 3.22. The van der Waals surface area contributed by atoms with Gasteiger partial charge < -0.3 is 9.64 Å². The molecule has 2 aliphatic heterocycles. The normalized spacial score (nSPS) is 41.0. The highest BCUT2D eigenvalue weighted by molar-refractivity contribution is 5.73. The van der Waals surface area contributed by atoms with E-state index in [4.69, 9.17) is 4.74 Å². The fourth-order valence-electron chi connectivity index (χ4n) is 2.20. The third kappa shape index (κ3) is 1.03. The lowest BCUT2D eigenvalue weighted by atomic mass is 9.93. The van der Waals surface area contributed by atoms with E-state index in [-0.39, 0.29) is 11.9 Å². The lowest BCUT2D eigenvalue weighted by Gasteiger charge is -2.19. The number of ether oxygens (including phenoxy) is 1. The minimum Gasteiger partial charge on any atom is -0.469 e. The molecule has 0 aliphatic carbocycles. The van der Waals surface area contributed by atoms with Gasteiger partial charge in [-0.2, -0.15) is 0 Å². The van der Waals surface area contributed by atoms with Gasteiger partial charge in [0.15, 0.2) is 0 Å². The van der Waals surface area contributed by atoms with Crippen LogP contribution in [0, 0.1) is 11.8 Å². The minimum absolute atomic E-state index is 0.0165. The largest absolute Gasteiger partial charge is 0.469 e. The van der Waals surface area contributed by atoms with E-state index in [0.717, 1.165) is 13.1 Å². The number of hydrogen-bond donors (Lipinski definition) is 0. The van der Waals surface area contributed by atoms with Crippen molar-refractivity contribution in [2.75, 3.05) is 26.7 Å². The van der Waals surface area contributed by atoms with Crippen LogP contribution in [0.5, 0.6) is 0 Å². The zero-order chi connectivity index (χ0) is 7.84. The van der Waals surface area contributed by atoms with Crippen molar-refractivity contribution >= 4 is 5.97 Å². The van der Waals surface area contributed by atoms with Gasteiger partial charge in [0.05, 0.1) is 13.0 Å². The topological polar surface area (TPSA) is 29.5 Å². The van der Waals surface area contributed by atoms with Crippen molar-refractivity contribution in [1.29, 1.82) is 0 Å². The number of rotatable bonds is 1. The number of piperidine rings is 1. The van der Waals surface area contributed by atoms with E-state index >= 15 is 0 Å². The highest BCUT2D eigenvalue weighted by Gasteiger charge is 2.42. The number of hydrogen-bond acceptors (Lipinski definition) is 3. The third-order valence-electron chi connectivity index (χ3n) is 2.84. The zero-order valence-corrected chi connectivity index (χ0v) is 6.75. The summed E-state index contributed by atoms with van der Waals surface area (Å²) in [5.41, 5.74) is 0. The molecule has 62 valence electrons. The SMILES string of the molecule is COC(=O)[C@@H]1CN2CC[C@@H]1C2. The van der Waals surface area contributed by atoms with Gasteiger partial charge in [-0.3, -0.25) is 4.79 Å². The molecule has 0 spiro atoms. The van der Waals surface area contributed by atoms with Gasteiger partial charge >= 0.3 is 5.97 Å². The molecule has 0 aromatic heterocycles. The molecule has 2 saturated heterocycles. The number of carbonyl (C=O) groups is 1. The van der Waals surface area contributed by atoms with Crippen molar-refractivity contribution in [2.24, 2.45) is 11.8 Å². The van der Waals surface area contributed by atoms with Crippen LogP contribution in [0.25, 0.3) is 0 Å². The molecule has 2 fully saturated rings. The molecule has 0 aromatic carbocycles. The summed E-state index contributed by atoms with van der Waals surface area (Å²) in [7, 11) is 1.48. The molecule has 0 N–H and O–H groups in total. The van der Waals surface area contributed by atoms with Crippen LogP contribution in [-0.4, -0.2) is 37.6 Å². The van der Waals surface area contributed by atoms with Gasteiger partial charge in [-0.05, 0) is 18.9 Å². The molecule has 3 heteroatoms. The van der Waals surface area contributed by atoms with Crippen molar-refractivity contribution in [2.45, 2.75) is 6.42 Å². The lowest BCUT2D eigenvalue weighted by molar-refractivity contribution is -0.146. The Bertz CT molecular complexity index is 181. The Hall–Kier alpha value is -0.570. The maximum Gasteiger partial charge on any atom is 0.310 e. The summed E-state index contributed by atoms with van der Waals surface area (Å²) in [4.78, 5) is 13.5. The van der Waals surface area contributed by atoms with Crippen LogP contribution >= 0.6 is 0 Å². The molecule has 3 nitrogen and oxygen atoms in total. The fourth-order valence-corrected chi connectivity index (χ4v) is 2.20. The second kappa shape index (κ2) is 2.48. The standard InChI is InChI=1S/C8H13NO2/c1-11-8(10)7-5-9-3-2-6(7)4-9/h6-7H,2-5H2,1H3/t6-,7-/m1/s1. The van der Waals surface area contributed by atoms with Crippen molar-refractivity contribution in [3.63, 3.8) is 0 Å². The molecular formula is C8H13NO2. The van der Waals surface area contributed by atoms with E-state index in [1.807, 2.05) is 0 Å². The molecule has 3 atom stereocenters. The summed E-state index contributed by atoms with van der Waals surface area (Å²) < 4.78 is 4.72. The highest BCUT2D eigenvalue weighted by atomic mass is 16.5. The molecule has 0 aromatic rings. The number of nitrogens with zero attached hydrogens (tertiary/aromatic N) is 1. The van der Waals surface area contributed by atoms with Gasteiger partial charge in [-0.25, -0.2) is 0 Å². The number of carbonyl (C=O) groups excluding carboxylic acids is 1. The average Bonchev–Trinajstić information content (AvgIpc) is 2.62. The first-order chi connectivity index (χ1) is 5.31. The molecular weight excluding hydrogens is 142 g/mol. The molecule has 11 heavy (non-hydrogen) atoms. The minimum atomic E-state index is -0.0165. The third-order valence-corrected chi connectivity index (χ3v) is 2.84. The lowest BCUT2D eigenvalue weighted by Crippen LogP contribution is -2.30. The van der Waals surface area contributed by atoms with Gasteiger partial charge in [0.25, 0.3) is 0 Å². The Labute approximate surface area is 66.3 Å². The first-order valence-corrected chi connectivity index (χ1v) is 4.11. The second-order valence-corrected chi connectivity index (χ2v) is 3.44. The van der Waals surface area contributed by atoms with Crippen LogP contribution in [0.4, 0.5) is 0 Å². The Balaban J connectivity index is 2.02. The quantitative estimate of drug-likeness (QED) is 0.503. The van der Waals surface area contributed by atoms with E-state index in [0.29, 0.717) is 5.92 Å². The van der Waals surface area contributed by atoms with E-state index < -0.39 is 0 Å². The first kappa shape index (κ1) is 7.10. The monoisotopic (exact) mass is 155 g/mol. The van der Waals surface area contributed by atoms with Gasteiger partial charge in [0, 0.05) is 13.1 Å². The summed E-state index contributed by atoms with van der Waals surface area (Å²) in [6.07, 6.45) is 1.18. The van der Waals surface area contributed by atoms with Crippen LogP contribution in [0.3, 0.4) is 0 Å². The van der Waals surface area contributed by atoms with Crippen molar-refractivity contribution in [3.05, 3.63) is 0 Å². The first-order valence-electron chi connectivity index (χ1n) is 4.11. The van der Waals surface area contributed by atoms with E-state index in [1.54, 1.807) is 0 Å². The van der Waals surface area contributed by atoms with Crippen molar-refractivity contribution in [1.82, 2.24) is 4.90 Å². The molecule has 2 rings (SSSR count). The van der Waals surface area contributed by atoms with Crippen LogP contribution in [0.1, 0.15) is 6.42 Å². The predicted molar refractivity (Wildman–Crippen MR) is 40.1 cm³/mol. The Kier molecular flexibility index (Phi) is 1.60. The molecule has 0 radical (unpaired) electrons. The van der Waals surface area contributed by atoms with E-state index in [2.05, 4.69) is 4.90 Å². The summed E-state index contributed by atoms with van der Waals surface area (Å²) in [5.74, 6) is 0.744. The van der Waals surface area contributed by atoms with E-state index in [1.165, 1.54) is 20.1 Å².